The molecule has 156 valence electrons. The quantitative estimate of drug-likeness (QED) is 0.806. The molecule has 1 fully saturated rings. The minimum atomic E-state index is -0.682. The zero-order chi connectivity index (χ0) is 20.9. The minimum absolute atomic E-state index is 0.0925. The first-order chi connectivity index (χ1) is 14.5. The lowest BCUT2D eigenvalue weighted by atomic mass is 9.86. The molecular weight excluding hydrogens is 386 g/mol. The summed E-state index contributed by atoms with van der Waals surface area (Å²) >= 11 is 0. The number of benzene rings is 2. The number of carbonyl (C=O) groups excluding carboxylic acids is 2. The van der Waals surface area contributed by atoms with Crippen molar-refractivity contribution in [2.24, 2.45) is 5.92 Å². The molecule has 2 atom stereocenters. The van der Waals surface area contributed by atoms with E-state index in [0.29, 0.717) is 48.1 Å². The van der Waals surface area contributed by atoms with Crippen LogP contribution in [0.5, 0.6) is 17.2 Å². The van der Waals surface area contributed by atoms with Gasteiger partial charge in [0.25, 0.3) is 5.91 Å². The van der Waals surface area contributed by atoms with Gasteiger partial charge in [-0.05, 0) is 25.1 Å². The van der Waals surface area contributed by atoms with E-state index in [9.17, 15) is 9.59 Å². The molecule has 0 aromatic heterocycles. The van der Waals surface area contributed by atoms with Gasteiger partial charge in [0.2, 0.25) is 12.7 Å². The van der Waals surface area contributed by atoms with Gasteiger partial charge in [-0.2, -0.15) is 0 Å². The van der Waals surface area contributed by atoms with E-state index in [1.54, 1.807) is 31.4 Å². The summed E-state index contributed by atoms with van der Waals surface area (Å²) in [6.07, 6.45) is 0. The Kier molecular flexibility index (Phi) is 4.32. The Bertz CT molecular complexity index is 1040. The van der Waals surface area contributed by atoms with Crippen LogP contribution in [0, 0.1) is 5.92 Å². The average Bonchev–Trinajstić information content (AvgIpc) is 3.30. The SMILES string of the molecule is COc1cc2c(cc1CN1C[C@H]3C(=O)Nc4ccccc4C(=O)N[C@@]3(C)C1)OCO2. The largest absolute Gasteiger partial charge is 0.496 e. The van der Waals surface area contributed by atoms with Gasteiger partial charge in [0.15, 0.2) is 11.5 Å². The van der Waals surface area contributed by atoms with Crippen molar-refractivity contribution < 1.29 is 23.8 Å². The number of methoxy groups -OCH3 is 1. The number of hydrogen-bond acceptors (Lipinski definition) is 6. The normalized spacial score (nSPS) is 24.9. The Morgan fingerprint density at radius 1 is 1.20 bits per heavy atom. The van der Waals surface area contributed by atoms with Gasteiger partial charge in [-0.3, -0.25) is 14.5 Å². The van der Waals surface area contributed by atoms with Crippen LogP contribution in [0.4, 0.5) is 5.69 Å². The van der Waals surface area contributed by atoms with Gasteiger partial charge in [0, 0.05) is 31.3 Å². The van der Waals surface area contributed by atoms with Gasteiger partial charge in [0.1, 0.15) is 5.75 Å². The zero-order valence-electron chi connectivity index (χ0n) is 16.9. The standard InChI is InChI=1S/C22H23N3O5/c1-22-11-25(9-13-7-18-19(30-12-29-18)8-17(13)28-2)10-15(22)21(27)23-16-6-4-3-5-14(16)20(26)24-22/h3-8,15H,9-12H2,1-2H3,(H,23,27)(H,24,26)/t15-,22-/m0/s1. The number of nitrogens with one attached hydrogen (secondary N) is 2. The number of anilines is 1. The fraction of sp³-hybridized carbons (Fsp3) is 0.364. The molecule has 3 aliphatic rings. The topological polar surface area (TPSA) is 89.1 Å². The molecular formula is C22H23N3O5. The molecule has 8 heteroatoms. The highest BCUT2D eigenvalue weighted by Crippen LogP contribution is 2.40. The van der Waals surface area contributed by atoms with E-state index in [1.165, 1.54) is 0 Å². The number of carbonyl (C=O) groups is 2. The van der Waals surface area contributed by atoms with Gasteiger partial charge in [-0.15, -0.1) is 0 Å². The van der Waals surface area contributed by atoms with Crippen molar-refractivity contribution in [2.75, 3.05) is 32.3 Å². The van der Waals surface area contributed by atoms with Crippen molar-refractivity contribution in [3.8, 4) is 17.2 Å². The van der Waals surface area contributed by atoms with Crippen molar-refractivity contribution >= 4 is 17.5 Å². The maximum atomic E-state index is 13.0. The van der Waals surface area contributed by atoms with Crippen LogP contribution >= 0.6 is 0 Å². The highest BCUT2D eigenvalue weighted by Gasteiger charge is 2.49. The lowest BCUT2D eigenvalue weighted by Gasteiger charge is -2.33. The third-order valence-electron chi connectivity index (χ3n) is 6.08. The fourth-order valence-electron chi connectivity index (χ4n) is 4.57. The molecule has 0 bridgehead atoms. The number of hydrogen-bond donors (Lipinski definition) is 2. The second-order valence-corrected chi connectivity index (χ2v) is 8.15. The number of para-hydroxylation sites is 1. The first-order valence-electron chi connectivity index (χ1n) is 9.88. The summed E-state index contributed by atoms with van der Waals surface area (Å²) in [7, 11) is 1.62. The van der Waals surface area contributed by atoms with Gasteiger partial charge in [-0.1, -0.05) is 12.1 Å². The summed E-state index contributed by atoms with van der Waals surface area (Å²) in [6, 6.07) is 10.8. The van der Waals surface area contributed by atoms with Crippen LogP contribution in [0.3, 0.4) is 0 Å². The molecule has 2 aromatic rings. The molecule has 0 aliphatic carbocycles. The Labute approximate surface area is 174 Å². The third-order valence-corrected chi connectivity index (χ3v) is 6.08. The summed E-state index contributed by atoms with van der Waals surface area (Å²) < 4.78 is 16.5. The van der Waals surface area contributed by atoms with Crippen molar-refractivity contribution in [2.45, 2.75) is 19.0 Å². The van der Waals surface area contributed by atoms with Gasteiger partial charge < -0.3 is 24.8 Å². The minimum Gasteiger partial charge on any atom is -0.496 e. The van der Waals surface area contributed by atoms with Crippen molar-refractivity contribution in [3.05, 3.63) is 47.5 Å². The number of rotatable bonds is 3. The zero-order valence-corrected chi connectivity index (χ0v) is 16.9. The molecule has 0 unspecified atom stereocenters. The van der Waals surface area contributed by atoms with Crippen molar-refractivity contribution in [3.63, 3.8) is 0 Å². The molecule has 3 heterocycles. The first kappa shape index (κ1) is 18.7. The third kappa shape index (κ3) is 3.04. The van der Waals surface area contributed by atoms with Crippen LogP contribution in [0.25, 0.3) is 0 Å². The van der Waals surface area contributed by atoms with Crippen LogP contribution in [-0.4, -0.2) is 49.2 Å². The van der Waals surface area contributed by atoms with E-state index in [-0.39, 0.29) is 24.5 Å². The predicted molar refractivity (Wildman–Crippen MR) is 109 cm³/mol. The summed E-state index contributed by atoms with van der Waals surface area (Å²) in [6.45, 7) is 3.74. The average molecular weight is 409 g/mol. The van der Waals surface area contributed by atoms with E-state index in [0.717, 1.165) is 5.56 Å². The van der Waals surface area contributed by atoms with E-state index in [1.807, 2.05) is 19.1 Å². The number of ether oxygens (including phenoxy) is 3. The van der Waals surface area contributed by atoms with E-state index < -0.39 is 5.54 Å². The predicted octanol–water partition coefficient (Wildman–Crippen LogP) is 2.00. The lowest BCUT2D eigenvalue weighted by Crippen LogP contribution is -2.56. The van der Waals surface area contributed by atoms with Crippen LogP contribution in [0.2, 0.25) is 0 Å². The summed E-state index contributed by atoms with van der Waals surface area (Å²) in [5.41, 5.74) is 1.27. The Balaban J connectivity index is 1.42. The lowest BCUT2D eigenvalue weighted by molar-refractivity contribution is -0.121. The molecule has 5 rings (SSSR count). The number of nitrogens with zero attached hydrogens (tertiary/aromatic N) is 1. The van der Waals surface area contributed by atoms with Crippen LogP contribution in [0.1, 0.15) is 22.8 Å². The molecule has 0 radical (unpaired) electrons. The van der Waals surface area contributed by atoms with E-state index >= 15 is 0 Å². The Hall–Kier alpha value is -3.26. The van der Waals surface area contributed by atoms with Crippen LogP contribution in [-0.2, 0) is 11.3 Å². The Morgan fingerprint density at radius 3 is 2.77 bits per heavy atom. The maximum absolute atomic E-state index is 13.0. The first-order valence-corrected chi connectivity index (χ1v) is 9.88. The Morgan fingerprint density at radius 2 is 1.97 bits per heavy atom. The van der Waals surface area contributed by atoms with Gasteiger partial charge >= 0.3 is 0 Å². The maximum Gasteiger partial charge on any atom is 0.253 e. The van der Waals surface area contributed by atoms with E-state index in [4.69, 9.17) is 14.2 Å². The molecule has 2 N–H and O–H groups in total. The molecule has 0 spiro atoms. The number of fused-ring (bicyclic) bond motifs is 3. The van der Waals surface area contributed by atoms with Crippen LogP contribution < -0.4 is 24.8 Å². The van der Waals surface area contributed by atoms with E-state index in [2.05, 4.69) is 15.5 Å². The second kappa shape index (κ2) is 6.91. The number of amides is 2. The fourth-order valence-corrected chi connectivity index (χ4v) is 4.57. The van der Waals surface area contributed by atoms with Crippen LogP contribution in [0.15, 0.2) is 36.4 Å². The monoisotopic (exact) mass is 409 g/mol. The molecule has 3 aliphatic heterocycles. The molecule has 2 aromatic carbocycles. The highest BCUT2D eigenvalue weighted by molar-refractivity contribution is 6.06. The highest BCUT2D eigenvalue weighted by atomic mass is 16.7. The molecule has 8 nitrogen and oxygen atoms in total. The number of likely N-dealkylation sites (tertiary alicyclic amines) is 1. The molecule has 0 saturated carbocycles. The van der Waals surface area contributed by atoms with Crippen molar-refractivity contribution in [1.29, 1.82) is 0 Å². The summed E-state index contributed by atoms with van der Waals surface area (Å²) in [4.78, 5) is 28.1. The van der Waals surface area contributed by atoms with Gasteiger partial charge in [-0.25, -0.2) is 0 Å². The second-order valence-electron chi connectivity index (χ2n) is 8.15. The molecule has 1 saturated heterocycles. The molecule has 30 heavy (non-hydrogen) atoms. The molecule has 2 amide bonds. The van der Waals surface area contributed by atoms with Crippen molar-refractivity contribution in [1.82, 2.24) is 10.2 Å². The smallest absolute Gasteiger partial charge is 0.253 e. The summed E-state index contributed by atoms with van der Waals surface area (Å²) in [5, 5.41) is 6.06. The summed E-state index contributed by atoms with van der Waals surface area (Å²) in [5.74, 6) is 1.40. The van der Waals surface area contributed by atoms with Gasteiger partial charge in [0.05, 0.1) is 29.8 Å².